The van der Waals surface area contributed by atoms with Gasteiger partial charge >= 0.3 is 0 Å². The number of rotatable bonds is 12. The molecule has 212 valence electrons. The van der Waals surface area contributed by atoms with E-state index in [-0.39, 0.29) is 7.43 Å². The van der Waals surface area contributed by atoms with Gasteiger partial charge in [0.25, 0.3) is 0 Å². The molecular formula is C34H58O3. The number of hydrogen-bond donors (Lipinski definition) is 0. The van der Waals surface area contributed by atoms with Gasteiger partial charge in [0.15, 0.2) is 0 Å². The minimum Gasteiger partial charge on any atom is -0.491 e. The third-order valence-corrected chi connectivity index (χ3v) is 6.45. The van der Waals surface area contributed by atoms with Crippen molar-refractivity contribution in [3.63, 3.8) is 0 Å². The summed E-state index contributed by atoms with van der Waals surface area (Å²) in [7, 11) is 0. The van der Waals surface area contributed by atoms with Crippen molar-refractivity contribution in [2.24, 2.45) is 0 Å². The molecule has 0 spiro atoms. The predicted molar refractivity (Wildman–Crippen MR) is 162 cm³/mol. The Morgan fingerprint density at radius 3 is 1.22 bits per heavy atom. The van der Waals surface area contributed by atoms with Crippen molar-refractivity contribution in [3.05, 3.63) is 73.5 Å². The van der Waals surface area contributed by atoms with E-state index in [4.69, 9.17) is 14.2 Å². The average molecular weight is 515 g/mol. The van der Waals surface area contributed by atoms with Gasteiger partial charge in [0.05, 0.1) is 0 Å². The van der Waals surface area contributed by atoms with Gasteiger partial charge in [0, 0.05) is 19.3 Å². The van der Waals surface area contributed by atoms with E-state index in [2.05, 4.69) is 58.7 Å². The first-order chi connectivity index (χ1) is 17.5. The summed E-state index contributed by atoms with van der Waals surface area (Å²) in [5.41, 5.74) is 0. The van der Waals surface area contributed by atoms with Crippen LogP contribution in [0.3, 0.4) is 0 Å². The van der Waals surface area contributed by atoms with Gasteiger partial charge in [-0.3, -0.25) is 0 Å². The van der Waals surface area contributed by atoms with E-state index >= 15 is 0 Å². The molecule has 0 N–H and O–H groups in total. The number of allylic oxidation sites excluding steroid dienone is 3. The van der Waals surface area contributed by atoms with Crippen molar-refractivity contribution in [1.82, 2.24) is 0 Å². The van der Waals surface area contributed by atoms with E-state index in [0.717, 1.165) is 36.5 Å². The quantitative estimate of drug-likeness (QED) is 0.242. The molecule has 3 rings (SSSR count). The minimum absolute atomic E-state index is 0. The van der Waals surface area contributed by atoms with Crippen LogP contribution < -0.4 is 0 Å². The van der Waals surface area contributed by atoms with E-state index in [0.29, 0.717) is 18.3 Å². The largest absolute Gasteiger partial charge is 0.491 e. The highest BCUT2D eigenvalue weighted by Gasteiger charge is 2.13. The summed E-state index contributed by atoms with van der Waals surface area (Å²) in [6.45, 7) is 18.0. The van der Waals surface area contributed by atoms with E-state index in [1.165, 1.54) is 77.0 Å². The number of unbranched alkanes of at least 4 members (excludes halogenated alkanes) is 6. The van der Waals surface area contributed by atoms with E-state index < -0.39 is 0 Å². The van der Waals surface area contributed by atoms with Crippen molar-refractivity contribution in [2.75, 3.05) is 0 Å². The second-order valence-electron chi connectivity index (χ2n) is 10.0. The Hall–Kier alpha value is -2.16. The highest BCUT2D eigenvalue weighted by Crippen LogP contribution is 2.20. The lowest BCUT2D eigenvalue weighted by atomic mass is 10.1. The molecule has 3 aliphatic rings. The molecule has 3 atom stereocenters. The molecule has 0 saturated carbocycles. The lowest BCUT2D eigenvalue weighted by Crippen LogP contribution is -2.13. The van der Waals surface area contributed by atoms with Gasteiger partial charge in [0.1, 0.15) is 35.6 Å². The first-order valence-corrected chi connectivity index (χ1v) is 14.5. The Morgan fingerprint density at radius 2 is 0.865 bits per heavy atom. The van der Waals surface area contributed by atoms with Gasteiger partial charge in [-0.2, -0.15) is 0 Å². The summed E-state index contributed by atoms with van der Waals surface area (Å²) in [5.74, 6) is 2.46. The zero-order valence-corrected chi connectivity index (χ0v) is 23.6. The molecule has 0 bridgehead atoms. The molecule has 3 aliphatic heterocycles. The molecule has 0 aliphatic carbocycles. The molecule has 0 saturated heterocycles. The summed E-state index contributed by atoms with van der Waals surface area (Å²) < 4.78 is 16.6. The highest BCUT2D eigenvalue weighted by atomic mass is 16.5. The fourth-order valence-electron chi connectivity index (χ4n) is 4.34. The number of ether oxygens (including phenoxy) is 3. The van der Waals surface area contributed by atoms with Crippen LogP contribution in [0.1, 0.15) is 125 Å². The Bertz CT molecular complexity index is 700. The molecular weight excluding hydrogens is 456 g/mol. The highest BCUT2D eigenvalue weighted by molar-refractivity contribution is 5.12. The molecule has 3 heterocycles. The van der Waals surface area contributed by atoms with Crippen LogP contribution in [-0.4, -0.2) is 18.3 Å². The molecule has 0 radical (unpaired) electrons. The first-order valence-electron chi connectivity index (χ1n) is 14.5. The Morgan fingerprint density at radius 1 is 0.541 bits per heavy atom. The van der Waals surface area contributed by atoms with Gasteiger partial charge in [-0.1, -0.05) is 111 Å². The van der Waals surface area contributed by atoms with Crippen LogP contribution in [0.4, 0.5) is 0 Å². The van der Waals surface area contributed by atoms with Crippen LogP contribution in [0.25, 0.3) is 0 Å². The summed E-state index contributed by atoms with van der Waals surface area (Å²) in [6, 6.07) is 0. The topological polar surface area (TPSA) is 27.7 Å². The van der Waals surface area contributed by atoms with Gasteiger partial charge in [-0.05, 0) is 50.3 Å². The fraction of sp³-hybridized carbons (Fsp3) is 0.647. The third-order valence-electron chi connectivity index (χ3n) is 6.45. The second-order valence-corrected chi connectivity index (χ2v) is 10.0. The lowest BCUT2D eigenvalue weighted by Gasteiger charge is -2.21. The zero-order valence-electron chi connectivity index (χ0n) is 23.6. The van der Waals surface area contributed by atoms with Crippen molar-refractivity contribution in [2.45, 2.75) is 143 Å². The van der Waals surface area contributed by atoms with E-state index in [1.54, 1.807) is 0 Å². The molecule has 0 fully saturated rings. The summed E-state index contributed by atoms with van der Waals surface area (Å²) in [6.07, 6.45) is 31.9. The Balaban J connectivity index is 0.000000520. The standard InChI is InChI=1S/C12H20O.C11H18O.C10H16O.CH4/c1-3-4-5-6-9-12-10-7-8-11(2)13-12;1-3-4-5-8-11-9-6-7-10(2)12-11;1-3-4-7-10-8-5-6-9(2)11-10;/h7-8,12H,2-6,9-10H2,1H3;6-7,11H,2-5,8-9H2,1H3;5-6,10H,2-4,7-8H2,1H3;1H4. The Labute approximate surface area is 230 Å². The smallest absolute Gasteiger partial charge is 0.112 e. The van der Waals surface area contributed by atoms with Crippen LogP contribution in [0, 0.1) is 0 Å². The summed E-state index contributed by atoms with van der Waals surface area (Å²) in [4.78, 5) is 0. The SMILES string of the molecule is C.C=C1C=CCC(CCCC)O1.C=C1C=CCC(CCCCC)O1.C=C1C=CCC(CCCCCC)O1. The molecule has 3 nitrogen and oxygen atoms in total. The molecule has 3 heteroatoms. The molecule has 0 amide bonds. The fourth-order valence-corrected chi connectivity index (χ4v) is 4.34. The molecule has 37 heavy (non-hydrogen) atoms. The maximum atomic E-state index is 5.59. The van der Waals surface area contributed by atoms with Crippen molar-refractivity contribution in [3.8, 4) is 0 Å². The second kappa shape index (κ2) is 23.0. The van der Waals surface area contributed by atoms with E-state index in [9.17, 15) is 0 Å². The summed E-state index contributed by atoms with van der Waals surface area (Å²) >= 11 is 0. The third kappa shape index (κ3) is 18.7. The van der Waals surface area contributed by atoms with Crippen molar-refractivity contribution < 1.29 is 14.2 Å². The zero-order chi connectivity index (χ0) is 26.4. The van der Waals surface area contributed by atoms with Gasteiger partial charge in [0.2, 0.25) is 0 Å². The normalized spacial score (nSPS) is 21.8. The molecule has 0 aromatic carbocycles. The Kier molecular flexibility index (Phi) is 21.7. The average Bonchev–Trinajstić information content (AvgIpc) is 2.87. The van der Waals surface area contributed by atoms with Crippen LogP contribution in [-0.2, 0) is 14.2 Å². The van der Waals surface area contributed by atoms with Crippen LogP contribution in [0.15, 0.2) is 73.5 Å². The maximum Gasteiger partial charge on any atom is 0.112 e. The lowest BCUT2D eigenvalue weighted by molar-refractivity contribution is 0.110. The van der Waals surface area contributed by atoms with E-state index in [1.807, 2.05) is 18.2 Å². The number of hydrogen-bond acceptors (Lipinski definition) is 3. The van der Waals surface area contributed by atoms with Crippen LogP contribution >= 0.6 is 0 Å². The molecule has 3 unspecified atom stereocenters. The van der Waals surface area contributed by atoms with Gasteiger partial charge in [-0.15, -0.1) is 0 Å². The molecule has 0 aromatic heterocycles. The van der Waals surface area contributed by atoms with Crippen LogP contribution in [0.5, 0.6) is 0 Å². The van der Waals surface area contributed by atoms with Crippen molar-refractivity contribution in [1.29, 1.82) is 0 Å². The molecule has 0 aromatic rings. The predicted octanol–water partition coefficient (Wildman–Crippen LogP) is 10.9. The van der Waals surface area contributed by atoms with Gasteiger partial charge < -0.3 is 14.2 Å². The maximum absolute atomic E-state index is 5.59. The minimum atomic E-state index is 0. The summed E-state index contributed by atoms with van der Waals surface area (Å²) in [5, 5.41) is 0. The first kappa shape index (κ1) is 34.8. The van der Waals surface area contributed by atoms with Crippen LogP contribution in [0.2, 0.25) is 0 Å². The van der Waals surface area contributed by atoms with Crippen molar-refractivity contribution >= 4 is 0 Å². The van der Waals surface area contributed by atoms with Gasteiger partial charge in [-0.25, -0.2) is 0 Å². The monoisotopic (exact) mass is 514 g/mol.